The molecule has 6 nitrogen and oxygen atoms in total. The average Bonchev–Trinajstić information content (AvgIpc) is 3.26. The molecule has 0 atom stereocenters. The molecule has 1 aliphatic heterocycles. The van der Waals surface area contributed by atoms with Crippen molar-refractivity contribution in [2.75, 3.05) is 25.4 Å². The summed E-state index contributed by atoms with van der Waals surface area (Å²) in [5.74, 6) is 0.638. The maximum atomic E-state index is 6.22. The van der Waals surface area contributed by atoms with Crippen LogP contribution in [0.15, 0.2) is 54.9 Å². The van der Waals surface area contributed by atoms with Gasteiger partial charge in [-0.3, -0.25) is 0 Å². The van der Waals surface area contributed by atoms with Crippen LogP contribution in [0, 0.1) is 0 Å². The van der Waals surface area contributed by atoms with Crippen molar-refractivity contribution >= 4 is 22.6 Å². The van der Waals surface area contributed by atoms with E-state index in [0.717, 1.165) is 61.3 Å². The highest BCUT2D eigenvalue weighted by atomic mass is 15.2. The number of fused-ring (bicyclic) bond motifs is 2. The topological polar surface area (TPSA) is 64.4 Å². The summed E-state index contributed by atoms with van der Waals surface area (Å²) in [6, 6.07) is 14.8. The standard InChI is InChI=1S/C21H24N6/c22-21-24-18-5-1-2-6-19(18)27(21)17-9-13-25(14-10-17)12-8-16-15-26-11-4-3-7-20(26)23-16/h1-7,11,15,17H,8-10,12-14H2,(H2,22,24). The molecule has 0 radical (unpaired) electrons. The van der Waals surface area contributed by atoms with Gasteiger partial charge in [-0.25, -0.2) is 9.97 Å². The first-order chi connectivity index (χ1) is 13.3. The van der Waals surface area contributed by atoms with Crippen molar-refractivity contribution in [3.05, 3.63) is 60.6 Å². The number of nitrogens with two attached hydrogens (primary N) is 1. The van der Waals surface area contributed by atoms with Crippen LogP contribution < -0.4 is 5.73 Å². The molecule has 2 N–H and O–H groups in total. The first-order valence-corrected chi connectivity index (χ1v) is 9.65. The zero-order chi connectivity index (χ0) is 18.2. The largest absolute Gasteiger partial charge is 0.369 e. The number of likely N-dealkylation sites (tertiary alicyclic amines) is 1. The van der Waals surface area contributed by atoms with Gasteiger partial charge in [-0.15, -0.1) is 0 Å². The van der Waals surface area contributed by atoms with Crippen LogP contribution in [0.25, 0.3) is 16.7 Å². The fourth-order valence-electron chi connectivity index (χ4n) is 4.23. The number of hydrogen-bond acceptors (Lipinski definition) is 4. The highest BCUT2D eigenvalue weighted by molar-refractivity contribution is 5.78. The van der Waals surface area contributed by atoms with Crippen molar-refractivity contribution in [1.82, 2.24) is 23.8 Å². The maximum absolute atomic E-state index is 6.22. The van der Waals surface area contributed by atoms with Crippen molar-refractivity contribution in [2.45, 2.75) is 25.3 Å². The SMILES string of the molecule is Nc1nc2ccccc2n1C1CCN(CCc2cn3ccccc3n2)CC1. The number of aromatic nitrogens is 4. The second kappa shape index (κ2) is 6.70. The Balaban J connectivity index is 1.23. The van der Waals surface area contributed by atoms with Crippen molar-refractivity contribution in [2.24, 2.45) is 0 Å². The molecular formula is C21H24N6. The zero-order valence-electron chi connectivity index (χ0n) is 15.3. The monoisotopic (exact) mass is 360 g/mol. The summed E-state index contributed by atoms with van der Waals surface area (Å²) in [7, 11) is 0. The van der Waals surface area contributed by atoms with Crippen molar-refractivity contribution in [3.63, 3.8) is 0 Å². The maximum Gasteiger partial charge on any atom is 0.201 e. The number of pyridine rings is 1. The van der Waals surface area contributed by atoms with Gasteiger partial charge in [-0.1, -0.05) is 18.2 Å². The van der Waals surface area contributed by atoms with E-state index in [2.05, 4.69) is 49.4 Å². The number of piperidine rings is 1. The van der Waals surface area contributed by atoms with Crippen molar-refractivity contribution in [1.29, 1.82) is 0 Å². The van der Waals surface area contributed by atoms with Gasteiger partial charge in [0.2, 0.25) is 5.95 Å². The molecule has 0 saturated carbocycles. The van der Waals surface area contributed by atoms with Crippen LogP contribution in [0.2, 0.25) is 0 Å². The Morgan fingerprint density at radius 1 is 1.00 bits per heavy atom. The number of benzene rings is 1. The summed E-state index contributed by atoms with van der Waals surface area (Å²) in [6.45, 7) is 3.23. The predicted octanol–water partition coefficient (Wildman–Crippen LogP) is 3.15. The summed E-state index contributed by atoms with van der Waals surface area (Å²) in [6.07, 6.45) is 7.39. The third kappa shape index (κ3) is 3.06. The van der Waals surface area contributed by atoms with E-state index in [-0.39, 0.29) is 0 Å². The van der Waals surface area contributed by atoms with E-state index in [1.165, 1.54) is 0 Å². The molecule has 0 bridgehead atoms. The Labute approximate surface area is 158 Å². The number of nitrogens with zero attached hydrogens (tertiary/aromatic N) is 5. The molecule has 138 valence electrons. The molecule has 6 heteroatoms. The minimum Gasteiger partial charge on any atom is -0.369 e. The van der Waals surface area contributed by atoms with Crippen LogP contribution in [-0.4, -0.2) is 43.5 Å². The van der Waals surface area contributed by atoms with E-state index < -0.39 is 0 Å². The Morgan fingerprint density at radius 3 is 2.67 bits per heavy atom. The lowest BCUT2D eigenvalue weighted by Gasteiger charge is -2.33. The van der Waals surface area contributed by atoms with E-state index in [0.29, 0.717) is 12.0 Å². The quantitative estimate of drug-likeness (QED) is 0.607. The van der Waals surface area contributed by atoms with Gasteiger partial charge in [0.15, 0.2) is 0 Å². The third-order valence-electron chi connectivity index (χ3n) is 5.64. The summed E-state index contributed by atoms with van der Waals surface area (Å²) < 4.78 is 4.32. The Hall–Kier alpha value is -2.86. The van der Waals surface area contributed by atoms with Crippen LogP contribution in [0.4, 0.5) is 5.95 Å². The van der Waals surface area contributed by atoms with Gasteiger partial charge in [0.05, 0.1) is 16.7 Å². The predicted molar refractivity (Wildman–Crippen MR) is 108 cm³/mol. The normalized spacial score (nSPS) is 16.4. The van der Waals surface area contributed by atoms with Gasteiger partial charge in [0.25, 0.3) is 0 Å². The molecule has 0 amide bonds. The summed E-state index contributed by atoms with van der Waals surface area (Å²) in [5.41, 5.74) is 10.5. The highest BCUT2D eigenvalue weighted by Crippen LogP contribution is 2.29. The summed E-state index contributed by atoms with van der Waals surface area (Å²) in [4.78, 5) is 11.8. The zero-order valence-corrected chi connectivity index (χ0v) is 15.3. The molecular weight excluding hydrogens is 336 g/mol. The Morgan fingerprint density at radius 2 is 1.81 bits per heavy atom. The number of imidazole rings is 2. The van der Waals surface area contributed by atoms with Crippen LogP contribution in [0.5, 0.6) is 0 Å². The second-order valence-corrected chi connectivity index (χ2v) is 7.35. The van der Waals surface area contributed by atoms with Gasteiger partial charge in [0.1, 0.15) is 5.65 Å². The van der Waals surface area contributed by atoms with Gasteiger partial charge in [-0.2, -0.15) is 0 Å². The number of para-hydroxylation sites is 2. The molecule has 1 fully saturated rings. The molecule has 4 heterocycles. The molecule has 1 aromatic carbocycles. The Bertz CT molecular complexity index is 1040. The number of anilines is 1. The molecule has 0 aliphatic carbocycles. The third-order valence-corrected chi connectivity index (χ3v) is 5.64. The molecule has 0 spiro atoms. The molecule has 1 aliphatic rings. The minimum atomic E-state index is 0.434. The first kappa shape index (κ1) is 16.3. The van der Waals surface area contributed by atoms with Crippen LogP contribution in [0.1, 0.15) is 24.6 Å². The second-order valence-electron chi connectivity index (χ2n) is 7.35. The summed E-state index contributed by atoms with van der Waals surface area (Å²) in [5, 5.41) is 0. The number of rotatable bonds is 4. The van der Waals surface area contributed by atoms with E-state index in [1.54, 1.807) is 0 Å². The molecule has 0 unspecified atom stereocenters. The highest BCUT2D eigenvalue weighted by Gasteiger charge is 2.23. The van der Waals surface area contributed by atoms with E-state index >= 15 is 0 Å². The lowest BCUT2D eigenvalue weighted by molar-refractivity contribution is 0.191. The smallest absolute Gasteiger partial charge is 0.201 e. The van der Waals surface area contributed by atoms with Crippen molar-refractivity contribution in [3.8, 4) is 0 Å². The molecule has 1 saturated heterocycles. The first-order valence-electron chi connectivity index (χ1n) is 9.65. The van der Waals surface area contributed by atoms with Gasteiger partial charge in [0, 0.05) is 44.5 Å². The van der Waals surface area contributed by atoms with Crippen LogP contribution in [-0.2, 0) is 6.42 Å². The molecule has 27 heavy (non-hydrogen) atoms. The number of hydrogen-bond donors (Lipinski definition) is 1. The van der Waals surface area contributed by atoms with E-state index in [1.807, 2.05) is 24.3 Å². The van der Waals surface area contributed by atoms with Crippen LogP contribution in [0.3, 0.4) is 0 Å². The minimum absolute atomic E-state index is 0.434. The van der Waals surface area contributed by atoms with E-state index in [9.17, 15) is 0 Å². The fourth-order valence-corrected chi connectivity index (χ4v) is 4.23. The van der Waals surface area contributed by atoms with Gasteiger partial charge in [-0.05, 0) is 37.1 Å². The molecule has 5 rings (SSSR count). The van der Waals surface area contributed by atoms with E-state index in [4.69, 9.17) is 10.7 Å². The molecule has 4 aromatic rings. The van der Waals surface area contributed by atoms with Gasteiger partial charge >= 0.3 is 0 Å². The summed E-state index contributed by atoms with van der Waals surface area (Å²) >= 11 is 0. The fraction of sp³-hybridized carbons (Fsp3) is 0.333. The van der Waals surface area contributed by atoms with Crippen LogP contribution >= 0.6 is 0 Å². The number of nitrogen functional groups attached to an aromatic ring is 1. The van der Waals surface area contributed by atoms with Crippen molar-refractivity contribution < 1.29 is 0 Å². The molecule has 3 aromatic heterocycles. The van der Waals surface area contributed by atoms with Gasteiger partial charge < -0.3 is 19.6 Å². The lowest BCUT2D eigenvalue weighted by Crippen LogP contribution is -2.36. The average molecular weight is 360 g/mol. The Kier molecular flexibility index (Phi) is 4.05. The lowest BCUT2D eigenvalue weighted by atomic mass is 10.0.